The number of nitrogens with one attached hydrogen (secondary N) is 2. The van der Waals surface area contributed by atoms with Gasteiger partial charge in [0.25, 0.3) is 0 Å². The fourth-order valence-electron chi connectivity index (χ4n) is 2.72. The molecular weight excluding hydrogens is 248 g/mol. The van der Waals surface area contributed by atoms with Gasteiger partial charge in [0.15, 0.2) is 5.82 Å². The third kappa shape index (κ3) is 2.90. The van der Waals surface area contributed by atoms with E-state index in [1.807, 2.05) is 37.4 Å². The predicted molar refractivity (Wildman–Crippen MR) is 82.5 cm³/mol. The summed E-state index contributed by atoms with van der Waals surface area (Å²) in [4.78, 5) is 0. The van der Waals surface area contributed by atoms with Crippen LogP contribution in [-0.2, 0) is 0 Å². The van der Waals surface area contributed by atoms with Crippen LogP contribution in [0.2, 0.25) is 0 Å². The van der Waals surface area contributed by atoms with Gasteiger partial charge < -0.3 is 10.6 Å². The molecule has 2 N–H and O–H groups in total. The monoisotopic (exact) mass is 268 g/mol. The molecule has 4 heteroatoms. The van der Waals surface area contributed by atoms with Gasteiger partial charge in [-0.05, 0) is 49.2 Å². The van der Waals surface area contributed by atoms with Crippen molar-refractivity contribution in [2.45, 2.75) is 31.6 Å². The number of hydrogen-bond acceptors (Lipinski definition) is 4. The summed E-state index contributed by atoms with van der Waals surface area (Å²) in [6.45, 7) is 0. The standard InChI is InChI=1S/C16H20N4/c1-17-13-6-8-14(9-7-13)18-16-11-10-15(19-20-16)12-4-2-3-5-12/h6-12,17H,2-5H2,1H3,(H,18,20). The lowest BCUT2D eigenvalue weighted by atomic mass is 10.0. The molecule has 20 heavy (non-hydrogen) atoms. The predicted octanol–water partition coefficient (Wildman–Crippen LogP) is 3.92. The van der Waals surface area contributed by atoms with Gasteiger partial charge in [-0.1, -0.05) is 12.8 Å². The van der Waals surface area contributed by atoms with E-state index in [0.29, 0.717) is 5.92 Å². The van der Waals surface area contributed by atoms with E-state index >= 15 is 0 Å². The molecule has 1 aliphatic rings. The summed E-state index contributed by atoms with van der Waals surface area (Å²) in [5, 5.41) is 15.0. The van der Waals surface area contributed by atoms with Gasteiger partial charge in [-0.2, -0.15) is 5.10 Å². The van der Waals surface area contributed by atoms with E-state index in [9.17, 15) is 0 Å². The van der Waals surface area contributed by atoms with E-state index in [-0.39, 0.29) is 0 Å². The smallest absolute Gasteiger partial charge is 0.153 e. The van der Waals surface area contributed by atoms with Crippen LogP contribution in [-0.4, -0.2) is 17.2 Å². The molecule has 0 amide bonds. The average Bonchev–Trinajstić information content (AvgIpc) is 3.03. The zero-order valence-electron chi connectivity index (χ0n) is 11.8. The van der Waals surface area contributed by atoms with Crippen LogP contribution in [0.1, 0.15) is 37.3 Å². The van der Waals surface area contributed by atoms with Crippen molar-refractivity contribution < 1.29 is 0 Å². The Labute approximate surface area is 119 Å². The van der Waals surface area contributed by atoms with Gasteiger partial charge in [0.05, 0.1) is 5.69 Å². The first-order valence-corrected chi connectivity index (χ1v) is 7.23. The lowest BCUT2D eigenvalue weighted by Crippen LogP contribution is -2.01. The van der Waals surface area contributed by atoms with Crippen LogP contribution < -0.4 is 10.6 Å². The van der Waals surface area contributed by atoms with Crippen LogP contribution in [0, 0.1) is 0 Å². The van der Waals surface area contributed by atoms with Gasteiger partial charge >= 0.3 is 0 Å². The molecule has 104 valence electrons. The van der Waals surface area contributed by atoms with Crippen LogP contribution >= 0.6 is 0 Å². The number of rotatable bonds is 4. The summed E-state index contributed by atoms with van der Waals surface area (Å²) < 4.78 is 0. The molecule has 0 aliphatic heterocycles. The van der Waals surface area contributed by atoms with Crippen molar-refractivity contribution >= 4 is 17.2 Å². The highest BCUT2D eigenvalue weighted by atomic mass is 15.2. The van der Waals surface area contributed by atoms with Crippen molar-refractivity contribution in [3.8, 4) is 0 Å². The fourth-order valence-corrected chi connectivity index (χ4v) is 2.72. The van der Waals surface area contributed by atoms with Gasteiger partial charge in [-0.25, -0.2) is 0 Å². The van der Waals surface area contributed by atoms with Crippen molar-refractivity contribution in [2.24, 2.45) is 0 Å². The lowest BCUT2D eigenvalue weighted by molar-refractivity contribution is 0.681. The van der Waals surface area contributed by atoms with Gasteiger partial charge in [0, 0.05) is 24.3 Å². The molecule has 3 rings (SSSR count). The summed E-state index contributed by atoms with van der Waals surface area (Å²) in [7, 11) is 1.91. The van der Waals surface area contributed by atoms with Crippen molar-refractivity contribution in [3.63, 3.8) is 0 Å². The minimum Gasteiger partial charge on any atom is -0.388 e. The Morgan fingerprint density at radius 1 is 0.900 bits per heavy atom. The summed E-state index contributed by atoms with van der Waals surface area (Å²) >= 11 is 0. The molecule has 0 atom stereocenters. The van der Waals surface area contributed by atoms with E-state index < -0.39 is 0 Å². The molecule has 1 aliphatic carbocycles. The normalized spacial score (nSPS) is 15.2. The van der Waals surface area contributed by atoms with E-state index in [0.717, 1.165) is 22.9 Å². The maximum atomic E-state index is 4.37. The zero-order valence-corrected chi connectivity index (χ0v) is 11.8. The molecule has 2 aromatic rings. The molecule has 4 nitrogen and oxygen atoms in total. The van der Waals surface area contributed by atoms with Crippen LogP contribution in [0.4, 0.5) is 17.2 Å². The van der Waals surface area contributed by atoms with E-state index in [1.54, 1.807) is 0 Å². The third-order valence-corrected chi connectivity index (χ3v) is 3.90. The topological polar surface area (TPSA) is 49.8 Å². The second-order valence-electron chi connectivity index (χ2n) is 5.28. The Kier molecular flexibility index (Phi) is 3.81. The molecule has 1 fully saturated rings. The minimum atomic E-state index is 0.617. The number of hydrogen-bond donors (Lipinski definition) is 2. The molecule has 0 spiro atoms. The molecular formula is C16H20N4. The Morgan fingerprint density at radius 3 is 2.20 bits per heavy atom. The molecule has 0 saturated heterocycles. The average molecular weight is 268 g/mol. The van der Waals surface area contributed by atoms with Crippen molar-refractivity contribution in [1.82, 2.24) is 10.2 Å². The summed E-state index contributed by atoms with van der Waals surface area (Å²) in [6.07, 6.45) is 5.16. The second-order valence-corrected chi connectivity index (χ2v) is 5.28. The van der Waals surface area contributed by atoms with Gasteiger partial charge in [-0.15, -0.1) is 5.10 Å². The lowest BCUT2D eigenvalue weighted by Gasteiger charge is -2.09. The maximum absolute atomic E-state index is 4.37. The first-order chi connectivity index (χ1) is 9.85. The van der Waals surface area contributed by atoms with E-state index in [2.05, 4.69) is 26.9 Å². The van der Waals surface area contributed by atoms with Crippen LogP contribution in [0.3, 0.4) is 0 Å². The number of benzene rings is 1. The summed E-state index contributed by atoms with van der Waals surface area (Å²) in [5.74, 6) is 1.41. The van der Waals surface area contributed by atoms with Crippen molar-refractivity contribution in [2.75, 3.05) is 17.7 Å². The molecule has 1 heterocycles. The van der Waals surface area contributed by atoms with Crippen LogP contribution in [0.15, 0.2) is 36.4 Å². The maximum Gasteiger partial charge on any atom is 0.153 e. The number of aromatic nitrogens is 2. The molecule has 0 unspecified atom stereocenters. The second kappa shape index (κ2) is 5.90. The highest BCUT2D eigenvalue weighted by Gasteiger charge is 2.18. The number of nitrogens with zero attached hydrogens (tertiary/aromatic N) is 2. The molecule has 1 aromatic heterocycles. The summed E-state index contributed by atoms with van der Waals surface area (Å²) in [5.41, 5.74) is 3.25. The highest BCUT2D eigenvalue weighted by Crippen LogP contribution is 2.32. The summed E-state index contributed by atoms with van der Waals surface area (Å²) in [6, 6.07) is 12.2. The van der Waals surface area contributed by atoms with Crippen LogP contribution in [0.25, 0.3) is 0 Å². The minimum absolute atomic E-state index is 0.617. The van der Waals surface area contributed by atoms with Gasteiger partial charge in [0.1, 0.15) is 0 Å². The van der Waals surface area contributed by atoms with Crippen molar-refractivity contribution in [1.29, 1.82) is 0 Å². The fraction of sp³-hybridized carbons (Fsp3) is 0.375. The van der Waals surface area contributed by atoms with Crippen molar-refractivity contribution in [3.05, 3.63) is 42.1 Å². The quantitative estimate of drug-likeness (QED) is 0.882. The SMILES string of the molecule is CNc1ccc(Nc2ccc(C3CCCC3)nn2)cc1. The molecule has 0 radical (unpaired) electrons. The van der Waals surface area contributed by atoms with Gasteiger partial charge in [-0.3, -0.25) is 0 Å². The van der Waals surface area contributed by atoms with Crippen LogP contribution in [0.5, 0.6) is 0 Å². The first kappa shape index (κ1) is 12.9. The zero-order chi connectivity index (χ0) is 13.8. The van der Waals surface area contributed by atoms with Gasteiger partial charge in [0.2, 0.25) is 0 Å². The first-order valence-electron chi connectivity index (χ1n) is 7.23. The Hall–Kier alpha value is -2.10. The Bertz CT molecular complexity index is 542. The van der Waals surface area contributed by atoms with E-state index in [4.69, 9.17) is 0 Å². The molecule has 1 aromatic carbocycles. The molecule has 0 bridgehead atoms. The number of anilines is 3. The van der Waals surface area contributed by atoms with E-state index in [1.165, 1.54) is 25.7 Å². The highest BCUT2D eigenvalue weighted by molar-refractivity contribution is 5.59. The molecule has 1 saturated carbocycles. The Balaban J connectivity index is 1.67. The largest absolute Gasteiger partial charge is 0.388 e. The third-order valence-electron chi connectivity index (χ3n) is 3.90. The Morgan fingerprint density at radius 2 is 1.60 bits per heavy atom.